The minimum Gasteiger partial charge on any atom is -0.497 e. The average Bonchev–Trinajstić information content (AvgIpc) is 3.26. The number of ether oxygens (including phenoxy) is 1. The molecule has 2 atom stereocenters. The molecule has 6 nitrogen and oxygen atoms in total. The lowest BCUT2D eigenvalue weighted by molar-refractivity contribution is -0.146. The van der Waals surface area contributed by atoms with Gasteiger partial charge in [-0.2, -0.15) is 0 Å². The molecule has 0 saturated carbocycles. The molecule has 1 N–H and O–H groups in total. The summed E-state index contributed by atoms with van der Waals surface area (Å²) in [7, 11) is 3.75. The van der Waals surface area contributed by atoms with Gasteiger partial charge in [-0.1, -0.05) is 0 Å². The van der Waals surface area contributed by atoms with Crippen LogP contribution in [-0.4, -0.2) is 58.0 Å². The minimum absolute atomic E-state index is 0.245. The Kier molecular flexibility index (Phi) is 8.51. The van der Waals surface area contributed by atoms with E-state index in [2.05, 4.69) is 45.9 Å². The first-order valence-corrected chi connectivity index (χ1v) is 13.1. The number of pyridine rings is 1. The number of hydrogen-bond donors (Lipinski definition) is 1. The Morgan fingerprint density at radius 3 is 2.91 bits per heavy atom. The van der Waals surface area contributed by atoms with Crippen LogP contribution >= 0.6 is 11.8 Å². The van der Waals surface area contributed by atoms with Gasteiger partial charge in [0.25, 0.3) is 0 Å². The molecular formula is C27H35N3O3S. The molecule has 3 heterocycles. The number of carbonyl (C=O) groups is 1. The summed E-state index contributed by atoms with van der Waals surface area (Å²) in [5.41, 5.74) is 2.23. The monoisotopic (exact) mass is 481 g/mol. The van der Waals surface area contributed by atoms with Crippen molar-refractivity contribution in [3.63, 3.8) is 0 Å². The quantitative estimate of drug-likeness (QED) is 0.303. The van der Waals surface area contributed by atoms with Crippen LogP contribution in [0.3, 0.4) is 0 Å². The van der Waals surface area contributed by atoms with Crippen LogP contribution in [0.4, 0.5) is 0 Å². The molecule has 7 heteroatoms. The third kappa shape index (κ3) is 6.13. The number of aryl methyl sites for hydroxylation is 2. The van der Waals surface area contributed by atoms with E-state index in [1.54, 1.807) is 7.11 Å². The molecule has 0 amide bonds. The molecule has 182 valence electrons. The fourth-order valence-corrected chi connectivity index (χ4v) is 5.96. The zero-order valence-corrected chi connectivity index (χ0v) is 21.0. The summed E-state index contributed by atoms with van der Waals surface area (Å²) >= 11 is 1.87. The van der Waals surface area contributed by atoms with Gasteiger partial charge < -0.3 is 19.3 Å². The largest absolute Gasteiger partial charge is 0.497 e. The topological polar surface area (TPSA) is 67.6 Å². The van der Waals surface area contributed by atoms with Gasteiger partial charge in [0.15, 0.2) is 0 Å². The summed E-state index contributed by atoms with van der Waals surface area (Å²) in [6.07, 6.45) is 8.82. The average molecular weight is 482 g/mol. The van der Waals surface area contributed by atoms with E-state index in [9.17, 15) is 9.90 Å². The van der Waals surface area contributed by atoms with E-state index in [1.807, 2.05) is 36.2 Å². The first-order chi connectivity index (χ1) is 16.5. The van der Waals surface area contributed by atoms with Crippen molar-refractivity contribution >= 4 is 28.6 Å². The number of fused-ring (bicyclic) bond motifs is 1. The number of nitrogens with zero attached hydrogens (tertiary/aromatic N) is 3. The van der Waals surface area contributed by atoms with Crippen LogP contribution in [0.1, 0.15) is 31.2 Å². The van der Waals surface area contributed by atoms with Gasteiger partial charge in [-0.25, -0.2) is 0 Å². The molecule has 1 aliphatic heterocycles. The first kappa shape index (κ1) is 24.6. The maximum atomic E-state index is 12.1. The fourth-order valence-electron chi connectivity index (χ4n) is 5.04. The number of likely N-dealkylation sites (tertiary alicyclic amines) is 1. The molecule has 1 fully saturated rings. The van der Waals surface area contributed by atoms with Gasteiger partial charge in [0.2, 0.25) is 0 Å². The minimum atomic E-state index is -0.646. The smallest absolute Gasteiger partial charge is 0.308 e. The summed E-state index contributed by atoms with van der Waals surface area (Å²) in [4.78, 5) is 18.9. The van der Waals surface area contributed by atoms with Crippen LogP contribution in [0, 0.1) is 11.8 Å². The molecule has 4 rings (SSSR count). The van der Waals surface area contributed by atoms with E-state index in [0.717, 1.165) is 67.6 Å². The predicted molar refractivity (Wildman–Crippen MR) is 138 cm³/mol. The molecule has 1 saturated heterocycles. The second-order valence-corrected chi connectivity index (χ2v) is 10.3. The van der Waals surface area contributed by atoms with E-state index in [0.29, 0.717) is 6.54 Å². The fraction of sp³-hybridized carbons (Fsp3) is 0.481. The van der Waals surface area contributed by atoms with E-state index >= 15 is 0 Å². The number of carboxylic acid groups (broad SMARTS) is 1. The highest BCUT2D eigenvalue weighted by Gasteiger charge is 2.33. The zero-order chi connectivity index (χ0) is 23.9. The Morgan fingerprint density at radius 1 is 1.26 bits per heavy atom. The summed E-state index contributed by atoms with van der Waals surface area (Å²) in [6, 6.07) is 12.3. The number of aromatic nitrogens is 2. The van der Waals surface area contributed by atoms with Crippen LogP contribution in [-0.2, 0) is 18.3 Å². The Morgan fingerprint density at radius 2 is 2.15 bits per heavy atom. The van der Waals surface area contributed by atoms with Crippen LogP contribution in [0.15, 0.2) is 53.8 Å². The maximum absolute atomic E-state index is 12.1. The maximum Gasteiger partial charge on any atom is 0.308 e. The molecule has 1 aliphatic rings. The van der Waals surface area contributed by atoms with Crippen molar-refractivity contribution in [2.45, 2.75) is 37.1 Å². The van der Waals surface area contributed by atoms with Gasteiger partial charge in [-0.3, -0.25) is 9.78 Å². The number of methoxy groups -OCH3 is 1. The van der Waals surface area contributed by atoms with Crippen molar-refractivity contribution in [1.82, 2.24) is 14.5 Å². The van der Waals surface area contributed by atoms with Gasteiger partial charge >= 0.3 is 5.97 Å². The van der Waals surface area contributed by atoms with Crippen molar-refractivity contribution in [1.29, 1.82) is 0 Å². The number of benzene rings is 1. The Hall–Kier alpha value is -2.51. The predicted octanol–water partition coefficient (Wildman–Crippen LogP) is 5.11. The molecular weight excluding hydrogens is 446 g/mol. The second kappa shape index (κ2) is 11.8. The van der Waals surface area contributed by atoms with Crippen LogP contribution in [0.25, 0.3) is 10.9 Å². The highest BCUT2D eigenvalue weighted by molar-refractivity contribution is 7.99. The number of piperidine rings is 1. The number of aliphatic carboxylic acids is 1. The summed E-state index contributed by atoms with van der Waals surface area (Å²) in [6.45, 7) is 2.64. The van der Waals surface area contributed by atoms with Gasteiger partial charge in [0.1, 0.15) is 5.75 Å². The van der Waals surface area contributed by atoms with Gasteiger partial charge in [-0.15, -0.1) is 11.8 Å². The Balaban J connectivity index is 1.26. The number of hydrogen-bond acceptors (Lipinski definition) is 5. The second-order valence-electron chi connectivity index (χ2n) is 9.20. The molecule has 0 unspecified atom stereocenters. The summed E-state index contributed by atoms with van der Waals surface area (Å²) in [5, 5.41) is 12.3. The third-order valence-electron chi connectivity index (χ3n) is 6.98. The zero-order valence-electron chi connectivity index (χ0n) is 20.2. The van der Waals surface area contributed by atoms with Gasteiger partial charge in [0.05, 0.1) is 23.6 Å². The molecule has 0 aliphatic carbocycles. The van der Waals surface area contributed by atoms with Crippen molar-refractivity contribution < 1.29 is 14.6 Å². The molecule has 3 aromatic rings. The van der Waals surface area contributed by atoms with Crippen molar-refractivity contribution in [2.24, 2.45) is 18.9 Å². The van der Waals surface area contributed by atoms with Crippen LogP contribution in [0.2, 0.25) is 0 Å². The lowest BCUT2D eigenvalue weighted by Crippen LogP contribution is -2.44. The highest BCUT2D eigenvalue weighted by atomic mass is 32.2. The molecule has 0 spiro atoms. The standard InChI is InChI=1S/C27H35N3O3S/c1-29-14-4-8-26(29)34-17-5-15-30-16-12-21(24(19-30)27(31)32)7-3-6-20-11-13-28-25-10-9-22(33-2)18-23(20)25/h4,8-11,13-14,18,21,24H,3,5-7,12,15-17,19H2,1-2H3,(H,31,32)/t21-,24+/m1/s1. The van der Waals surface area contributed by atoms with E-state index in [4.69, 9.17) is 4.74 Å². The van der Waals surface area contributed by atoms with Gasteiger partial charge in [0, 0.05) is 37.1 Å². The summed E-state index contributed by atoms with van der Waals surface area (Å²) < 4.78 is 7.53. The van der Waals surface area contributed by atoms with Crippen molar-refractivity contribution in [3.8, 4) is 5.75 Å². The van der Waals surface area contributed by atoms with Crippen molar-refractivity contribution in [2.75, 3.05) is 32.5 Å². The first-order valence-electron chi connectivity index (χ1n) is 12.2. The molecule has 0 bridgehead atoms. The lowest BCUT2D eigenvalue weighted by atomic mass is 9.81. The van der Waals surface area contributed by atoms with Crippen LogP contribution < -0.4 is 4.74 Å². The summed E-state index contributed by atoms with van der Waals surface area (Å²) in [5.74, 6) is 1.21. The molecule has 1 aromatic carbocycles. The highest BCUT2D eigenvalue weighted by Crippen LogP contribution is 2.30. The Bertz CT molecular complexity index is 1100. The molecule has 0 radical (unpaired) electrons. The SMILES string of the molecule is COc1ccc2nccc(CCC[C@@H]3CCN(CCCSc4cccn4C)C[C@@H]3C(=O)O)c2c1. The normalized spacial score (nSPS) is 18.9. The van der Waals surface area contributed by atoms with Crippen LogP contribution in [0.5, 0.6) is 5.75 Å². The van der Waals surface area contributed by atoms with Gasteiger partial charge in [-0.05, 0) is 93.1 Å². The number of carboxylic acids is 1. The number of thioether (sulfide) groups is 1. The molecule has 34 heavy (non-hydrogen) atoms. The van der Waals surface area contributed by atoms with E-state index in [-0.39, 0.29) is 11.8 Å². The van der Waals surface area contributed by atoms with Crippen molar-refractivity contribution in [3.05, 3.63) is 54.4 Å². The number of rotatable bonds is 11. The third-order valence-corrected chi connectivity index (χ3v) is 8.19. The Labute approximate surface area is 206 Å². The molecule has 2 aromatic heterocycles. The van der Waals surface area contributed by atoms with E-state index in [1.165, 1.54) is 10.6 Å². The lowest BCUT2D eigenvalue weighted by Gasteiger charge is -2.36. The van der Waals surface area contributed by atoms with E-state index < -0.39 is 5.97 Å².